The van der Waals surface area contributed by atoms with E-state index in [9.17, 15) is 4.79 Å². The van der Waals surface area contributed by atoms with Gasteiger partial charge in [0, 0.05) is 24.1 Å². The van der Waals surface area contributed by atoms with Crippen LogP contribution in [0.15, 0.2) is 72.8 Å². The first-order valence-electron chi connectivity index (χ1n) is 12.7. The fourth-order valence-electron chi connectivity index (χ4n) is 5.40. The highest BCUT2D eigenvalue weighted by molar-refractivity contribution is 5.84. The number of hydrogen-bond donors (Lipinski definition) is 1. The number of nitrogens with one attached hydrogen (secondary N) is 1. The van der Waals surface area contributed by atoms with Gasteiger partial charge in [-0.2, -0.15) is 0 Å². The summed E-state index contributed by atoms with van der Waals surface area (Å²) in [7, 11) is 0. The molecule has 1 N–H and O–H groups in total. The van der Waals surface area contributed by atoms with Crippen LogP contribution in [0.4, 0.5) is 5.69 Å². The van der Waals surface area contributed by atoms with E-state index in [0.29, 0.717) is 37.7 Å². The lowest BCUT2D eigenvalue weighted by Gasteiger charge is -2.49. The van der Waals surface area contributed by atoms with Gasteiger partial charge in [-0.05, 0) is 54.8 Å². The maximum Gasteiger partial charge on any atom is 0.223 e. The molecule has 5 rings (SSSR count). The van der Waals surface area contributed by atoms with Crippen molar-refractivity contribution in [3.63, 3.8) is 0 Å². The maximum absolute atomic E-state index is 12.6. The largest absolute Gasteiger partial charge is 0.490 e. The Morgan fingerprint density at radius 2 is 1.78 bits per heavy atom. The number of carbonyl (C=O) groups excluding carboxylic acids is 1. The van der Waals surface area contributed by atoms with Gasteiger partial charge in [0.25, 0.3) is 0 Å². The van der Waals surface area contributed by atoms with E-state index in [4.69, 9.17) is 9.47 Å². The van der Waals surface area contributed by atoms with Crippen molar-refractivity contribution in [3.8, 4) is 11.5 Å². The van der Waals surface area contributed by atoms with Crippen molar-refractivity contribution in [2.24, 2.45) is 0 Å². The highest BCUT2D eigenvalue weighted by Gasteiger charge is 2.57. The molecule has 2 aliphatic rings. The molecular formula is C31H34N2O3. The number of para-hydroxylation sites is 1. The third-order valence-corrected chi connectivity index (χ3v) is 7.44. The van der Waals surface area contributed by atoms with Crippen LogP contribution in [0.25, 0.3) is 6.08 Å². The molecule has 0 aromatic heterocycles. The molecule has 1 atom stereocenters. The Morgan fingerprint density at radius 1 is 1.00 bits per heavy atom. The van der Waals surface area contributed by atoms with Crippen LogP contribution in [-0.4, -0.2) is 24.7 Å². The van der Waals surface area contributed by atoms with Gasteiger partial charge in [0.15, 0.2) is 11.5 Å². The molecule has 2 heterocycles. The van der Waals surface area contributed by atoms with Crippen LogP contribution in [0, 0.1) is 6.92 Å². The molecule has 0 radical (unpaired) electrons. The van der Waals surface area contributed by atoms with E-state index in [1.165, 1.54) is 16.8 Å². The van der Waals surface area contributed by atoms with Crippen molar-refractivity contribution in [1.82, 2.24) is 5.32 Å². The second-order valence-corrected chi connectivity index (χ2v) is 10.1. The normalized spacial score (nSPS) is 20.1. The van der Waals surface area contributed by atoms with Crippen molar-refractivity contribution in [3.05, 3.63) is 95.1 Å². The van der Waals surface area contributed by atoms with Gasteiger partial charge < -0.3 is 19.7 Å². The van der Waals surface area contributed by atoms with E-state index in [-0.39, 0.29) is 11.3 Å². The zero-order valence-electron chi connectivity index (χ0n) is 21.5. The Balaban J connectivity index is 1.44. The van der Waals surface area contributed by atoms with Gasteiger partial charge in [0.1, 0.15) is 12.3 Å². The van der Waals surface area contributed by atoms with Gasteiger partial charge in [-0.3, -0.25) is 4.79 Å². The SMILES string of the molecule is CCOc1cc(C=CC23NC(=O)CCN2c2ccccc2C3(C)C)ccc1OCc1ccc(C)cc1. The summed E-state index contributed by atoms with van der Waals surface area (Å²) >= 11 is 0. The highest BCUT2D eigenvalue weighted by Crippen LogP contribution is 2.52. The summed E-state index contributed by atoms with van der Waals surface area (Å²) < 4.78 is 12.0. The van der Waals surface area contributed by atoms with Crippen LogP contribution in [-0.2, 0) is 16.8 Å². The van der Waals surface area contributed by atoms with Crippen molar-refractivity contribution >= 4 is 17.7 Å². The van der Waals surface area contributed by atoms with Crippen LogP contribution in [0.1, 0.15) is 49.4 Å². The minimum atomic E-state index is -0.640. The summed E-state index contributed by atoms with van der Waals surface area (Å²) in [6, 6.07) is 22.8. The molecule has 0 bridgehead atoms. The molecule has 1 saturated heterocycles. The number of carbonyl (C=O) groups is 1. The summed E-state index contributed by atoms with van der Waals surface area (Å²) in [6.07, 6.45) is 4.71. The Bertz CT molecular complexity index is 1300. The van der Waals surface area contributed by atoms with Gasteiger partial charge in [-0.15, -0.1) is 0 Å². The van der Waals surface area contributed by atoms with E-state index >= 15 is 0 Å². The monoisotopic (exact) mass is 482 g/mol. The number of anilines is 1. The number of ether oxygens (including phenoxy) is 2. The van der Waals surface area contributed by atoms with Crippen LogP contribution in [0.3, 0.4) is 0 Å². The number of hydrogen-bond acceptors (Lipinski definition) is 4. The molecule has 0 saturated carbocycles. The average Bonchev–Trinajstić information content (AvgIpc) is 3.07. The second kappa shape index (κ2) is 9.38. The van der Waals surface area contributed by atoms with E-state index in [1.54, 1.807) is 0 Å². The third-order valence-electron chi connectivity index (χ3n) is 7.44. The third kappa shape index (κ3) is 4.13. The van der Waals surface area contributed by atoms with Gasteiger partial charge in [0.2, 0.25) is 5.91 Å². The number of benzene rings is 3. The Morgan fingerprint density at radius 3 is 2.56 bits per heavy atom. The molecule has 1 unspecified atom stereocenters. The number of fused-ring (bicyclic) bond motifs is 3. The number of nitrogens with zero attached hydrogens (tertiary/aromatic N) is 1. The van der Waals surface area contributed by atoms with E-state index in [2.05, 4.69) is 91.7 Å². The molecule has 3 aromatic carbocycles. The molecule has 2 aliphatic heterocycles. The summed E-state index contributed by atoms with van der Waals surface area (Å²) in [5.41, 5.74) is 4.80. The second-order valence-electron chi connectivity index (χ2n) is 10.1. The Kier molecular flexibility index (Phi) is 6.25. The lowest BCUT2D eigenvalue weighted by atomic mass is 9.74. The molecule has 3 aromatic rings. The predicted molar refractivity (Wildman–Crippen MR) is 144 cm³/mol. The Hall–Kier alpha value is -3.73. The van der Waals surface area contributed by atoms with E-state index in [1.807, 2.05) is 25.1 Å². The summed E-state index contributed by atoms with van der Waals surface area (Å²) in [4.78, 5) is 15.0. The zero-order valence-corrected chi connectivity index (χ0v) is 21.5. The number of amides is 1. The smallest absolute Gasteiger partial charge is 0.223 e. The first-order chi connectivity index (χ1) is 17.3. The van der Waals surface area contributed by atoms with Gasteiger partial charge in [0.05, 0.1) is 6.61 Å². The quantitative estimate of drug-likeness (QED) is 0.449. The van der Waals surface area contributed by atoms with Gasteiger partial charge in [-0.1, -0.05) is 74.0 Å². The molecule has 36 heavy (non-hydrogen) atoms. The minimum Gasteiger partial charge on any atom is -0.490 e. The van der Waals surface area contributed by atoms with Crippen molar-refractivity contribution < 1.29 is 14.3 Å². The molecular weight excluding hydrogens is 448 g/mol. The standard InChI is InChI=1S/C31H34N2O3/c1-5-35-28-20-23(14-15-27(28)36-21-24-12-10-22(2)11-13-24)16-18-31-30(3,4)25-8-6-7-9-26(25)33(31)19-17-29(34)32-31/h6-16,18,20H,5,17,19,21H2,1-4H3,(H,32,34). The molecule has 0 aliphatic carbocycles. The molecule has 1 fully saturated rings. The van der Waals surface area contributed by atoms with Crippen molar-refractivity contribution in [2.45, 2.75) is 51.8 Å². The first-order valence-corrected chi connectivity index (χ1v) is 12.7. The van der Waals surface area contributed by atoms with Crippen LogP contribution in [0.2, 0.25) is 0 Å². The van der Waals surface area contributed by atoms with Crippen LogP contribution in [0.5, 0.6) is 11.5 Å². The molecule has 186 valence electrons. The zero-order chi connectivity index (χ0) is 25.3. The van der Waals surface area contributed by atoms with Crippen molar-refractivity contribution in [1.29, 1.82) is 0 Å². The lowest BCUT2D eigenvalue weighted by molar-refractivity contribution is -0.124. The van der Waals surface area contributed by atoms with Crippen molar-refractivity contribution in [2.75, 3.05) is 18.1 Å². The topological polar surface area (TPSA) is 50.8 Å². The molecule has 0 spiro atoms. The lowest BCUT2D eigenvalue weighted by Crippen LogP contribution is -2.68. The van der Waals surface area contributed by atoms with E-state index in [0.717, 1.165) is 11.1 Å². The summed E-state index contributed by atoms with van der Waals surface area (Å²) in [5.74, 6) is 1.50. The van der Waals surface area contributed by atoms with Gasteiger partial charge in [-0.25, -0.2) is 0 Å². The fraction of sp³-hybridized carbons (Fsp3) is 0.323. The van der Waals surface area contributed by atoms with Crippen LogP contribution < -0.4 is 19.7 Å². The Labute approximate surface area is 213 Å². The average molecular weight is 483 g/mol. The number of rotatable bonds is 7. The van der Waals surface area contributed by atoms with E-state index < -0.39 is 5.66 Å². The van der Waals surface area contributed by atoms with Gasteiger partial charge >= 0.3 is 0 Å². The highest BCUT2D eigenvalue weighted by atomic mass is 16.5. The van der Waals surface area contributed by atoms with Crippen LogP contribution >= 0.6 is 0 Å². The molecule has 1 amide bonds. The summed E-state index contributed by atoms with van der Waals surface area (Å²) in [6.45, 7) is 10.2. The fourth-order valence-corrected chi connectivity index (χ4v) is 5.40. The molecule has 5 heteroatoms. The number of aryl methyl sites for hydroxylation is 1. The predicted octanol–water partition coefficient (Wildman–Crippen LogP) is 6.00. The summed E-state index contributed by atoms with van der Waals surface area (Å²) in [5, 5.41) is 3.34. The molecule has 5 nitrogen and oxygen atoms in total. The minimum absolute atomic E-state index is 0.0756. The first kappa shape index (κ1) is 24.0. The maximum atomic E-state index is 12.6.